The maximum Gasteiger partial charge on any atom is 0.410 e. The maximum atomic E-state index is 11.4. The molecule has 1 aliphatic rings. The van der Waals surface area contributed by atoms with Gasteiger partial charge in [-0.05, 0) is 12.3 Å². The third-order valence-corrected chi connectivity index (χ3v) is 2.23. The van der Waals surface area contributed by atoms with Crippen LogP contribution in [0.5, 0.6) is 0 Å². The number of piperidine rings is 1. The third kappa shape index (κ3) is 2.93. The molecular formula is C10H16N2O2. The summed E-state index contributed by atoms with van der Waals surface area (Å²) in [7, 11) is 0. The number of rotatable bonds is 1. The highest BCUT2D eigenvalue weighted by atomic mass is 16.6. The number of hydrogen-bond donors (Lipinski definition) is 1. The lowest BCUT2D eigenvalue weighted by Crippen LogP contribution is -2.49. The van der Waals surface area contributed by atoms with Gasteiger partial charge in [-0.1, -0.05) is 12.8 Å². The lowest BCUT2D eigenvalue weighted by molar-refractivity contribution is 0.0912. The Morgan fingerprint density at radius 1 is 1.71 bits per heavy atom. The van der Waals surface area contributed by atoms with Crippen molar-refractivity contribution in [2.24, 2.45) is 11.7 Å². The summed E-state index contributed by atoms with van der Waals surface area (Å²) in [6.45, 7) is 3.37. The van der Waals surface area contributed by atoms with E-state index >= 15 is 0 Å². The molecule has 78 valence electrons. The van der Waals surface area contributed by atoms with E-state index in [1.807, 2.05) is 0 Å². The number of terminal acetylenes is 1. The van der Waals surface area contributed by atoms with Gasteiger partial charge in [-0.15, -0.1) is 6.42 Å². The fraction of sp³-hybridized carbons (Fsp3) is 0.700. The zero-order valence-corrected chi connectivity index (χ0v) is 8.40. The Labute approximate surface area is 84.4 Å². The summed E-state index contributed by atoms with van der Waals surface area (Å²) in [6.07, 6.45) is 5.59. The normalized spacial score (nSPS) is 26.8. The minimum absolute atomic E-state index is 0.0267. The van der Waals surface area contributed by atoms with E-state index in [2.05, 4.69) is 12.8 Å². The van der Waals surface area contributed by atoms with Gasteiger partial charge in [0.15, 0.2) is 6.61 Å². The van der Waals surface area contributed by atoms with E-state index in [9.17, 15) is 4.79 Å². The Bertz CT molecular complexity index is 237. The molecule has 14 heavy (non-hydrogen) atoms. The number of hydrogen-bond acceptors (Lipinski definition) is 3. The first-order chi connectivity index (χ1) is 6.63. The Morgan fingerprint density at radius 3 is 3.00 bits per heavy atom. The van der Waals surface area contributed by atoms with Crippen LogP contribution in [0.4, 0.5) is 4.79 Å². The molecule has 1 fully saturated rings. The number of amides is 1. The molecule has 2 atom stereocenters. The molecule has 2 N–H and O–H groups in total. The van der Waals surface area contributed by atoms with E-state index in [0.717, 1.165) is 6.42 Å². The monoisotopic (exact) mass is 196 g/mol. The summed E-state index contributed by atoms with van der Waals surface area (Å²) in [5, 5.41) is 0. The van der Waals surface area contributed by atoms with E-state index in [1.165, 1.54) is 0 Å². The van der Waals surface area contributed by atoms with Crippen LogP contribution in [0.25, 0.3) is 0 Å². The van der Waals surface area contributed by atoms with Crippen molar-refractivity contribution < 1.29 is 9.53 Å². The van der Waals surface area contributed by atoms with Crippen LogP contribution in [0.15, 0.2) is 0 Å². The zero-order chi connectivity index (χ0) is 10.6. The Kier molecular flexibility index (Phi) is 3.78. The highest BCUT2D eigenvalue weighted by Crippen LogP contribution is 2.15. The summed E-state index contributed by atoms with van der Waals surface area (Å²) >= 11 is 0. The van der Waals surface area contributed by atoms with Gasteiger partial charge in [-0.2, -0.15) is 0 Å². The predicted octanol–water partition coefficient (Wildman–Crippen LogP) is 0.425. The first-order valence-corrected chi connectivity index (χ1v) is 4.74. The number of nitrogens with zero attached hydrogens (tertiary/aromatic N) is 1. The molecule has 1 amide bonds. The van der Waals surface area contributed by atoms with Gasteiger partial charge in [0.2, 0.25) is 0 Å². The van der Waals surface area contributed by atoms with E-state index < -0.39 is 0 Å². The van der Waals surface area contributed by atoms with Crippen LogP contribution in [0.2, 0.25) is 0 Å². The standard InChI is InChI=1S/C10H16N2O2/c1-3-4-14-10(13)12-6-8(2)5-9(11)7-12/h1,8-9H,4-7,11H2,2H3. The first-order valence-electron chi connectivity index (χ1n) is 4.74. The minimum atomic E-state index is -0.357. The molecule has 0 aliphatic carbocycles. The van der Waals surface area contributed by atoms with Gasteiger partial charge in [0, 0.05) is 19.1 Å². The van der Waals surface area contributed by atoms with Crippen LogP contribution in [-0.4, -0.2) is 36.7 Å². The number of carbonyl (C=O) groups is 1. The Balaban J connectivity index is 2.43. The molecule has 4 nitrogen and oxygen atoms in total. The second kappa shape index (κ2) is 4.87. The Morgan fingerprint density at radius 2 is 2.43 bits per heavy atom. The van der Waals surface area contributed by atoms with Crippen molar-refractivity contribution in [2.45, 2.75) is 19.4 Å². The summed E-state index contributed by atoms with van der Waals surface area (Å²) in [4.78, 5) is 13.0. The zero-order valence-electron chi connectivity index (χ0n) is 8.40. The molecule has 2 unspecified atom stereocenters. The van der Waals surface area contributed by atoms with Crippen LogP contribution in [0, 0.1) is 18.3 Å². The van der Waals surface area contributed by atoms with Gasteiger partial charge in [-0.25, -0.2) is 4.79 Å². The third-order valence-electron chi connectivity index (χ3n) is 2.23. The van der Waals surface area contributed by atoms with Gasteiger partial charge in [0.1, 0.15) is 0 Å². The van der Waals surface area contributed by atoms with E-state index in [0.29, 0.717) is 19.0 Å². The summed E-state index contributed by atoms with van der Waals surface area (Å²) < 4.78 is 4.82. The first kappa shape index (κ1) is 10.9. The van der Waals surface area contributed by atoms with Gasteiger partial charge in [-0.3, -0.25) is 0 Å². The second-order valence-corrected chi connectivity index (χ2v) is 3.76. The fourth-order valence-electron chi connectivity index (χ4n) is 1.74. The molecule has 1 heterocycles. The van der Waals surface area contributed by atoms with Crippen LogP contribution in [-0.2, 0) is 4.74 Å². The number of nitrogens with two attached hydrogens (primary N) is 1. The van der Waals surface area contributed by atoms with E-state index in [1.54, 1.807) is 4.90 Å². The molecule has 0 saturated carbocycles. The van der Waals surface area contributed by atoms with Crippen LogP contribution in [0.3, 0.4) is 0 Å². The van der Waals surface area contributed by atoms with E-state index in [-0.39, 0.29) is 18.7 Å². The lowest BCUT2D eigenvalue weighted by atomic mass is 9.97. The highest BCUT2D eigenvalue weighted by molar-refractivity contribution is 5.68. The molecular weight excluding hydrogens is 180 g/mol. The summed E-state index contributed by atoms with van der Waals surface area (Å²) in [6, 6.07) is 0.0529. The molecule has 0 aromatic heterocycles. The molecule has 0 spiro atoms. The molecule has 1 saturated heterocycles. The molecule has 0 radical (unpaired) electrons. The summed E-state index contributed by atoms with van der Waals surface area (Å²) in [5.74, 6) is 2.69. The van der Waals surface area contributed by atoms with E-state index in [4.69, 9.17) is 16.9 Å². The predicted molar refractivity (Wildman–Crippen MR) is 53.5 cm³/mol. The van der Waals surface area contributed by atoms with Crippen molar-refractivity contribution in [1.29, 1.82) is 0 Å². The summed E-state index contributed by atoms with van der Waals surface area (Å²) in [5.41, 5.74) is 5.79. The average molecular weight is 196 g/mol. The fourth-order valence-corrected chi connectivity index (χ4v) is 1.74. The van der Waals surface area contributed by atoms with Crippen LogP contribution < -0.4 is 5.73 Å². The van der Waals surface area contributed by atoms with Crippen molar-refractivity contribution in [3.63, 3.8) is 0 Å². The average Bonchev–Trinajstić information content (AvgIpc) is 2.12. The van der Waals surface area contributed by atoms with Crippen molar-refractivity contribution >= 4 is 6.09 Å². The largest absolute Gasteiger partial charge is 0.436 e. The molecule has 1 rings (SSSR count). The maximum absolute atomic E-state index is 11.4. The molecule has 1 aliphatic heterocycles. The molecule has 0 aromatic rings. The Hall–Kier alpha value is -1.21. The highest BCUT2D eigenvalue weighted by Gasteiger charge is 2.26. The number of ether oxygens (including phenoxy) is 1. The quantitative estimate of drug-likeness (QED) is 0.618. The minimum Gasteiger partial charge on any atom is -0.436 e. The van der Waals surface area contributed by atoms with Crippen molar-refractivity contribution in [1.82, 2.24) is 4.90 Å². The second-order valence-electron chi connectivity index (χ2n) is 3.76. The molecule has 0 aromatic carbocycles. The SMILES string of the molecule is C#CCOC(=O)N1CC(C)CC(N)C1. The van der Waals surface area contributed by atoms with Gasteiger partial charge < -0.3 is 15.4 Å². The molecule has 4 heteroatoms. The number of likely N-dealkylation sites (tertiary alicyclic amines) is 1. The van der Waals surface area contributed by atoms with Crippen LogP contribution >= 0.6 is 0 Å². The topological polar surface area (TPSA) is 55.6 Å². The van der Waals surface area contributed by atoms with Gasteiger partial charge >= 0.3 is 6.09 Å². The molecule has 0 bridgehead atoms. The lowest BCUT2D eigenvalue weighted by Gasteiger charge is -2.33. The van der Waals surface area contributed by atoms with Crippen LogP contribution in [0.1, 0.15) is 13.3 Å². The van der Waals surface area contributed by atoms with Gasteiger partial charge in [0.25, 0.3) is 0 Å². The smallest absolute Gasteiger partial charge is 0.410 e. The van der Waals surface area contributed by atoms with Crippen molar-refractivity contribution in [2.75, 3.05) is 19.7 Å². The van der Waals surface area contributed by atoms with Crippen molar-refractivity contribution in [3.05, 3.63) is 0 Å². The number of carbonyl (C=O) groups excluding carboxylic acids is 1. The van der Waals surface area contributed by atoms with Crippen molar-refractivity contribution in [3.8, 4) is 12.3 Å². The van der Waals surface area contributed by atoms with Gasteiger partial charge in [0.05, 0.1) is 0 Å².